The third kappa shape index (κ3) is 6.56. The Morgan fingerprint density at radius 1 is 1.22 bits per heavy atom. The van der Waals surface area contributed by atoms with E-state index in [0.29, 0.717) is 5.75 Å². The second-order valence-corrected chi connectivity index (χ2v) is 8.25. The van der Waals surface area contributed by atoms with Crippen LogP contribution in [0.4, 0.5) is 10.1 Å². The summed E-state index contributed by atoms with van der Waals surface area (Å²) in [6.45, 7) is 3.50. The van der Waals surface area contributed by atoms with Crippen LogP contribution in [0, 0.1) is 12.7 Å². The molecule has 0 aliphatic heterocycles. The highest BCUT2D eigenvalue weighted by molar-refractivity contribution is 7.92. The summed E-state index contributed by atoms with van der Waals surface area (Å²) in [7, 11) is -3.75. The van der Waals surface area contributed by atoms with Crippen molar-refractivity contribution in [1.82, 2.24) is 5.32 Å². The molecule has 0 bridgehead atoms. The van der Waals surface area contributed by atoms with E-state index >= 15 is 0 Å². The normalized spacial score (nSPS) is 12.3. The van der Waals surface area contributed by atoms with Crippen molar-refractivity contribution >= 4 is 21.6 Å². The van der Waals surface area contributed by atoms with E-state index in [1.54, 1.807) is 6.92 Å². The van der Waals surface area contributed by atoms with Gasteiger partial charge >= 0.3 is 0 Å². The van der Waals surface area contributed by atoms with Gasteiger partial charge in [0.05, 0.1) is 18.0 Å². The molecule has 1 amide bonds. The molecule has 0 spiro atoms. The predicted octanol–water partition coefficient (Wildman–Crippen LogP) is 2.48. The summed E-state index contributed by atoms with van der Waals surface area (Å²) in [5.74, 6) is -0.412. The molecule has 0 aliphatic carbocycles. The van der Waals surface area contributed by atoms with E-state index in [0.717, 1.165) is 22.2 Å². The smallest absolute Gasteiger partial charge is 0.241 e. The zero-order valence-electron chi connectivity index (χ0n) is 15.5. The number of nitrogens with one attached hydrogen (secondary N) is 1. The van der Waals surface area contributed by atoms with Crippen LogP contribution < -0.4 is 14.4 Å². The van der Waals surface area contributed by atoms with Crippen molar-refractivity contribution in [1.29, 1.82) is 0 Å². The number of carbonyl (C=O) groups excluding carboxylic acids is 1. The van der Waals surface area contributed by atoms with Gasteiger partial charge in [-0.15, -0.1) is 0 Å². The van der Waals surface area contributed by atoms with Gasteiger partial charge in [-0.05, 0) is 44.2 Å². The van der Waals surface area contributed by atoms with E-state index in [1.165, 1.54) is 18.2 Å². The lowest BCUT2D eigenvalue weighted by molar-refractivity contribution is -0.120. The highest BCUT2D eigenvalue weighted by Crippen LogP contribution is 2.18. The van der Waals surface area contributed by atoms with Crippen molar-refractivity contribution in [2.45, 2.75) is 19.9 Å². The number of hydrogen-bond donors (Lipinski definition) is 1. The van der Waals surface area contributed by atoms with Crippen LogP contribution in [0.25, 0.3) is 0 Å². The van der Waals surface area contributed by atoms with Crippen molar-refractivity contribution in [3.05, 3.63) is 59.9 Å². The van der Waals surface area contributed by atoms with Crippen LogP contribution in [0.5, 0.6) is 5.75 Å². The first-order chi connectivity index (χ1) is 12.6. The number of nitrogens with zero attached hydrogens (tertiary/aromatic N) is 1. The highest BCUT2D eigenvalue weighted by atomic mass is 32.2. The van der Waals surface area contributed by atoms with Crippen molar-refractivity contribution in [2.75, 3.05) is 23.7 Å². The topological polar surface area (TPSA) is 75.7 Å². The number of hydrogen-bond acceptors (Lipinski definition) is 4. The Labute approximate surface area is 159 Å². The summed E-state index contributed by atoms with van der Waals surface area (Å²) in [6.07, 6.45) is 0.967. The van der Waals surface area contributed by atoms with Gasteiger partial charge in [-0.3, -0.25) is 9.10 Å². The summed E-state index contributed by atoms with van der Waals surface area (Å²) in [5, 5.41) is 2.68. The van der Waals surface area contributed by atoms with E-state index in [2.05, 4.69) is 5.32 Å². The second-order valence-electron chi connectivity index (χ2n) is 6.34. The van der Waals surface area contributed by atoms with E-state index in [1.807, 2.05) is 31.2 Å². The number of benzene rings is 2. The van der Waals surface area contributed by atoms with Gasteiger partial charge in [0.1, 0.15) is 24.7 Å². The standard InChI is InChI=1S/C19H23FN2O4S/c1-14-7-9-18(10-8-14)26-13-15(2)21-19(23)12-22(27(3,24)25)17-6-4-5-16(20)11-17/h4-11,15H,12-13H2,1-3H3,(H,21,23)/t15-/m0/s1. The molecule has 0 fully saturated rings. The Morgan fingerprint density at radius 2 is 1.89 bits per heavy atom. The first kappa shape index (κ1) is 20.7. The van der Waals surface area contributed by atoms with Gasteiger partial charge in [0.25, 0.3) is 0 Å². The number of aryl methyl sites for hydroxylation is 1. The monoisotopic (exact) mass is 394 g/mol. The predicted molar refractivity (Wildman–Crippen MR) is 103 cm³/mol. The zero-order valence-corrected chi connectivity index (χ0v) is 16.3. The third-order valence-electron chi connectivity index (χ3n) is 3.71. The Balaban J connectivity index is 1.95. The van der Waals surface area contributed by atoms with Gasteiger partial charge in [-0.2, -0.15) is 0 Å². The number of ether oxygens (including phenoxy) is 1. The Kier molecular flexibility index (Phi) is 6.79. The SMILES string of the molecule is Cc1ccc(OC[C@H](C)NC(=O)CN(c2cccc(F)c2)S(C)(=O)=O)cc1. The first-order valence-corrected chi connectivity index (χ1v) is 10.2. The van der Waals surface area contributed by atoms with Crippen molar-refractivity contribution in [2.24, 2.45) is 0 Å². The van der Waals surface area contributed by atoms with E-state index in [-0.39, 0.29) is 18.3 Å². The Hall–Kier alpha value is -2.61. The maximum absolute atomic E-state index is 13.4. The minimum atomic E-state index is -3.75. The number of sulfonamides is 1. The summed E-state index contributed by atoms with van der Waals surface area (Å²) >= 11 is 0. The fourth-order valence-corrected chi connectivity index (χ4v) is 3.23. The molecular formula is C19H23FN2O4S. The summed E-state index contributed by atoms with van der Waals surface area (Å²) in [6, 6.07) is 12.3. The largest absolute Gasteiger partial charge is 0.491 e. The minimum Gasteiger partial charge on any atom is -0.491 e. The number of halogens is 1. The van der Waals surface area contributed by atoms with E-state index in [4.69, 9.17) is 4.74 Å². The molecule has 2 aromatic carbocycles. The summed E-state index contributed by atoms with van der Waals surface area (Å²) < 4.78 is 43.9. The number of anilines is 1. The van der Waals surface area contributed by atoms with Crippen LogP contribution in [0.2, 0.25) is 0 Å². The fourth-order valence-electron chi connectivity index (χ4n) is 2.38. The van der Waals surface area contributed by atoms with E-state index in [9.17, 15) is 17.6 Å². The summed E-state index contributed by atoms with van der Waals surface area (Å²) in [5.41, 5.74) is 1.21. The molecule has 6 nitrogen and oxygen atoms in total. The van der Waals surface area contributed by atoms with Gasteiger partial charge in [0.15, 0.2) is 0 Å². The lowest BCUT2D eigenvalue weighted by Gasteiger charge is -2.23. The molecule has 0 unspecified atom stereocenters. The molecule has 0 radical (unpaired) electrons. The first-order valence-electron chi connectivity index (χ1n) is 8.37. The molecule has 146 valence electrons. The number of carbonyl (C=O) groups is 1. The van der Waals surface area contributed by atoms with Crippen LogP contribution in [-0.2, 0) is 14.8 Å². The molecule has 1 atom stereocenters. The second kappa shape index (κ2) is 8.85. The van der Waals surface area contributed by atoms with Crippen LogP contribution >= 0.6 is 0 Å². The quantitative estimate of drug-likeness (QED) is 0.746. The molecular weight excluding hydrogens is 371 g/mol. The number of rotatable bonds is 8. The van der Waals surface area contributed by atoms with Crippen LogP contribution in [-0.4, -0.2) is 39.8 Å². The van der Waals surface area contributed by atoms with Crippen LogP contribution in [0.1, 0.15) is 12.5 Å². The molecule has 2 aromatic rings. The highest BCUT2D eigenvalue weighted by Gasteiger charge is 2.22. The average Bonchev–Trinajstić information content (AvgIpc) is 2.58. The Morgan fingerprint density at radius 3 is 2.48 bits per heavy atom. The maximum atomic E-state index is 13.4. The van der Waals surface area contributed by atoms with Crippen LogP contribution in [0.3, 0.4) is 0 Å². The molecule has 2 rings (SSSR count). The number of amides is 1. The molecule has 0 aliphatic rings. The zero-order chi connectivity index (χ0) is 20.0. The summed E-state index contributed by atoms with van der Waals surface area (Å²) in [4.78, 5) is 12.3. The lowest BCUT2D eigenvalue weighted by atomic mass is 10.2. The minimum absolute atomic E-state index is 0.0937. The van der Waals surface area contributed by atoms with Crippen LogP contribution in [0.15, 0.2) is 48.5 Å². The molecule has 0 saturated heterocycles. The molecule has 0 saturated carbocycles. The molecule has 8 heteroatoms. The van der Waals surface area contributed by atoms with Crippen molar-refractivity contribution in [3.63, 3.8) is 0 Å². The Bertz CT molecular complexity index is 885. The van der Waals surface area contributed by atoms with Gasteiger partial charge in [0.2, 0.25) is 15.9 Å². The van der Waals surface area contributed by atoms with Gasteiger partial charge in [-0.25, -0.2) is 12.8 Å². The van der Waals surface area contributed by atoms with Gasteiger partial charge in [0, 0.05) is 0 Å². The average molecular weight is 394 g/mol. The maximum Gasteiger partial charge on any atom is 0.241 e. The van der Waals surface area contributed by atoms with Crippen molar-refractivity contribution in [3.8, 4) is 5.75 Å². The fraction of sp³-hybridized carbons (Fsp3) is 0.316. The molecule has 27 heavy (non-hydrogen) atoms. The van der Waals surface area contributed by atoms with E-state index < -0.39 is 28.3 Å². The molecule has 0 aromatic heterocycles. The molecule has 1 N–H and O–H groups in total. The van der Waals surface area contributed by atoms with Gasteiger partial charge in [-0.1, -0.05) is 23.8 Å². The van der Waals surface area contributed by atoms with Gasteiger partial charge < -0.3 is 10.1 Å². The molecule has 0 heterocycles. The van der Waals surface area contributed by atoms with Crippen molar-refractivity contribution < 1.29 is 22.3 Å². The lowest BCUT2D eigenvalue weighted by Crippen LogP contribution is -2.44. The third-order valence-corrected chi connectivity index (χ3v) is 4.85.